The van der Waals surface area contributed by atoms with Gasteiger partial charge in [0.25, 0.3) is 0 Å². The van der Waals surface area contributed by atoms with E-state index in [0.717, 1.165) is 74.9 Å². The lowest BCUT2D eigenvalue weighted by Gasteiger charge is -2.22. The molecule has 7 aromatic carbocycles. The van der Waals surface area contributed by atoms with Gasteiger partial charge in [-0.25, -0.2) is 0 Å². The molecule has 0 fully saturated rings. The third-order valence-electron chi connectivity index (χ3n) is 12.9. The lowest BCUT2D eigenvalue weighted by atomic mass is 9.81. The first-order valence-electron chi connectivity index (χ1n) is 21.6. The second-order valence-corrected chi connectivity index (χ2v) is 17.5. The Morgan fingerprint density at radius 1 is 0.623 bits per heavy atom. The highest BCUT2D eigenvalue weighted by molar-refractivity contribution is 7.26. The Balaban J connectivity index is 1.14. The molecule has 0 saturated heterocycles. The normalized spacial score (nSPS) is 15.9. The van der Waals surface area contributed by atoms with Gasteiger partial charge in [-0.05, 0) is 101 Å². The number of nitrogens with zero attached hydrogens (tertiary/aromatic N) is 1. The highest BCUT2D eigenvalue weighted by atomic mass is 32.1. The van der Waals surface area contributed by atoms with Crippen molar-refractivity contribution >= 4 is 64.9 Å². The summed E-state index contributed by atoms with van der Waals surface area (Å²) in [5, 5.41) is 4.82. The van der Waals surface area contributed by atoms with Crippen molar-refractivity contribution < 1.29 is 4.42 Å². The molecule has 3 heterocycles. The first kappa shape index (κ1) is 37.2. The van der Waals surface area contributed by atoms with Crippen molar-refractivity contribution in [1.82, 2.24) is 0 Å². The van der Waals surface area contributed by atoms with Crippen LogP contribution in [0.25, 0.3) is 81.2 Å². The quantitative estimate of drug-likeness (QED) is 0.158. The number of allylic oxidation sites excluding steroid dienone is 7. The zero-order chi connectivity index (χ0) is 41.0. The van der Waals surface area contributed by atoms with Crippen LogP contribution in [0.2, 0.25) is 0 Å². The van der Waals surface area contributed by atoms with Gasteiger partial charge in [-0.15, -0.1) is 11.3 Å². The molecule has 0 radical (unpaired) electrons. The zero-order valence-electron chi connectivity index (χ0n) is 34.7. The number of para-hydroxylation sites is 1. The molecule has 294 valence electrons. The van der Waals surface area contributed by atoms with Crippen LogP contribution in [0.3, 0.4) is 0 Å². The molecule has 2 aliphatic rings. The first-order chi connectivity index (χ1) is 30.1. The van der Waals surface area contributed by atoms with Crippen molar-refractivity contribution in [2.24, 2.45) is 10.9 Å². The van der Waals surface area contributed by atoms with E-state index in [2.05, 4.69) is 197 Å². The summed E-state index contributed by atoms with van der Waals surface area (Å²) in [4.78, 5) is 5.83. The van der Waals surface area contributed by atoms with E-state index in [1.54, 1.807) is 0 Å². The number of fused-ring (bicyclic) bond motifs is 6. The minimum absolute atomic E-state index is 0.109. The second-order valence-electron chi connectivity index (χ2n) is 16.4. The Morgan fingerprint density at radius 2 is 1.31 bits per heavy atom. The van der Waals surface area contributed by atoms with Crippen molar-refractivity contribution in [1.29, 1.82) is 0 Å². The van der Waals surface area contributed by atoms with Crippen LogP contribution >= 0.6 is 11.3 Å². The molecule has 0 bridgehead atoms. The SMILES string of the molecule is CCC1=C(c2cccc3oc4c(-c5cc(-c6ccccc6)c6c(c5)sc5ccccc56)cccc4c23)N=C(c2ccc(-c3ccccc3)cc2)C(C)C(C)=C1C1=CC=CCC1. The fraction of sp³-hybridized carbons (Fsp3) is 0.121. The van der Waals surface area contributed by atoms with E-state index in [0.29, 0.717) is 0 Å². The van der Waals surface area contributed by atoms with Crippen molar-refractivity contribution in [3.63, 3.8) is 0 Å². The van der Waals surface area contributed by atoms with E-state index >= 15 is 0 Å². The van der Waals surface area contributed by atoms with Gasteiger partial charge in [-0.2, -0.15) is 0 Å². The van der Waals surface area contributed by atoms with E-state index in [9.17, 15) is 0 Å². The monoisotopic (exact) mass is 803 g/mol. The van der Waals surface area contributed by atoms with Gasteiger partial charge in [0.15, 0.2) is 0 Å². The number of thiophene rings is 1. The number of benzene rings is 7. The molecule has 9 aromatic rings. The van der Waals surface area contributed by atoms with E-state index in [4.69, 9.17) is 9.41 Å². The molecule has 0 N–H and O–H groups in total. The van der Waals surface area contributed by atoms with Crippen LogP contribution in [-0.4, -0.2) is 5.71 Å². The van der Waals surface area contributed by atoms with Crippen LogP contribution in [-0.2, 0) is 0 Å². The Bertz CT molecular complexity index is 3330. The summed E-state index contributed by atoms with van der Waals surface area (Å²) in [5.41, 5.74) is 18.7. The summed E-state index contributed by atoms with van der Waals surface area (Å²) >= 11 is 1.86. The summed E-state index contributed by atoms with van der Waals surface area (Å²) in [5.74, 6) is 0.109. The second kappa shape index (κ2) is 15.3. The van der Waals surface area contributed by atoms with Crippen LogP contribution in [0, 0.1) is 5.92 Å². The predicted octanol–water partition coefficient (Wildman–Crippen LogP) is 16.8. The Hall–Kier alpha value is -6.81. The molecule has 0 saturated carbocycles. The Kier molecular flexibility index (Phi) is 9.36. The van der Waals surface area contributed by atoms with Gasteiger partial charge in [0.05, 0.1) is 11.4 Å². The van der Waals surface area contributed by atoms with E-state index < -0.39 is 0 Å². The predicted molar refractivity (Wildman–Crippen MR) is 261 cm³/mol. The van der Waals surface area contributed by atoms with Crippen LogP contribution in [0.1, 0.15) is 51.2 Å². The summed E-state index contributed by atoms with van der Waals surface area (Å²) in [7, 11) is 0. The molecule has 1 atom stereocenters. The van der Waals surface area contributed by atoms with E-state index in [1.807, 2.05) is 11.3 Å². The average molecular weight is 804 g/mol. The molecule has 1 aliphatic carbocycles. The van der Waals surface area contributed by atoms with Crippen molar-refractivity contribution in [3.05, 3.63) is 209 Å². The Labute approximate surface area is 361 Å². The minimum atomic E-state index is 0.109. The summed E-state index contributed by atoms with van der Waals surface area (Å²) in [6, 6.07) is 57.2. The van der Waals surface area contributed by atoms with Crippen LogP contribution in [0.15, 0.2) is 208 Å². The van der Waals surface area contributed by atoms with Gasteiger partial charge in [0.2, 0.25) is 0 Å². The largest absolute Gasteiger partial charge is 0.455 e. The first-order valence-corrected chi connectivity index (χ1v) is 22.4. The molecular formula is C58H45NOS. The highest BCUT2D eigenvalue weighted by Gasteiger charge is 2.29. The van der Waals surface area contributed by atoms with Gasteiger partial charge in [-0.1, -0.05) is 171 Å². The molecule has 2 aromatic heterocycles. The number of hydrogen-bond acceptors (Lipinski definition) is 3. The lowest BCUT2D eigenvalue weighted by molar-refractivity contribution is 0.670. The molecule has 0 amide bonds. The van der Waals surface area contributed by atoms with Crippen molar-refractivity contribution in [2.75, 3.05) is 0 Å². The van der Waals surface area contributed by atoms with Crippen LogP contribution in [0.4, 0.5) is 0 Å². The van der Waals surface area contributed by atoms with Crippen LogP contribution in [0.5, 0.6) is 0 Å². The third-order valence-corrected chi connectivity index (χ3v) is 14.0. The minimum Gasteiger partial charge on any atom is -0.455 e. The Morgan fingerprint density at radius 3 is 2.08 bits per heavy atom. The smallest absolute Gasteiger partial charge is 0.143 e. The number of aliphatic imine (C=N–C) groups is 1. The van der Waals surface area contributed by atoms with Crippen LogP contribution < -0.4 is 0 Å². The molecule has 0 spiro atoms. The number of furan rings is 1. The molecule has 3 heteroatoms. The topological polar surface area (TPSA) is 25.5 Å². The fourth-order valence-corrected chi connectivity index (χ4v) is 11.0. The lowest BCUT2D eigenvalue weighted by Crippen LogP contribution is -2.15. The fourth-order valence-electron chi connectivity index (χ4n) is 9.79. The molecule has 61 heavy (non-hydrogen) atoms. The number of rotatable bonds is 7. The number of hydrogen-bond donors (Lipinski definition) is 0. The van der Waals surface area contributed by atoms with Gasteiger partial charge in [0.1, 0.15) is 11.2 Å². The molecule has 2 nitrogen and oxygen atoms in total. The summed E-state index contributed by atoms with van der Waals surface area (Å²) in [6.45, 7) is 6.97. The maximum atomic E-state index is 7.04. The zero-order valence-corrected chi connectivity index (χ0v) is 35.5. The van der Waals surface area contributed by atoms with E-state index in [1.165, 1.54) is 64.7 Å². The highest BCUT2D eigenvalue weighted by Crippen LogP contribution is 2.48. The molecule has 1 aliphatic heterocycles. The van der Waals surface area contributed by atoms with Crippen molar-refractivity contribution in [3.8, 4) is 33.4 Å². The third kappa shape index (κ3) is 6.35. The van der Waals surface area contributed by atoms with Gasteiger partial charge in [-0.3, -0.25) is 4.99 Å². The van der Waals surface area contributed by atoms with Gasteiger partial charge >= 0.3 is 0 Å². The molecular weight excluding hydrogens is 759 g/mol. The molecule has 11 rings (SSSR count). The standard InChI is InChI=1S/C58H45NOS/c1-4-44-53(41-22-12-7-13-23-41)36(2)37(3)56(42-32-30-39(31-33-42)38-18-8-5-9-19-38)59-57(44)47-26-17-28-50-54(47)48-27-16-25-45(58(48)60-50)43-34-49(40-20-10-6-11-21-40)55-46-24-14-15-29-51(46)61-52(55)35-43/h5-12,14-22,24-35,37H,4,13,23H2,1-3H3. The maximum Gasteiger partial charge on any atom is 0.143 e. The van der Waals surface area contributed by atoms with Crippen molar-refractivity contribution in [2.45, 2.75) is 40.0 Å². The van der Waals surface area contributed by atoms with Gasteiger partial charge in [0, 0.05) is 48.0 Å². The summed E-state index contributed by atoms with van der Waals surface area (Å²) < 4.78 is 9.61. The maximum absolute atomic E-state index is 7.04. The van der Waals surface area contributed by atoms with E-state index in [-0.39, 0.29) is 5.92 Å². The average Bonchev–Trinajstić information content (AvgIpc) is 3.87. The van der Waals surface area contributed by atoms with Gasteiger partial charge < -0.3 is 4.42 Å². The molecule has 1 unspecified atom stereocenters. The summed E-state index contributed by atoms with van der Waals surface area (Å²) in [6.07, 6.45) is 9.76.